The number of methoxy groups -OCH3 is 1. The summed E-state index contributed by atoms with van der Waals surface area (Å²) in [6.07, 6.45) is 4.36. The zero-order chi connectivity index (χ0) is 23.5. The molecule has 0 aromatic heterocycles. The molecule has 0 fully saturated rings. The van der Waals surface area contributed by atoms with E-state index in [0.29, 0.717) is 22.7 Å². The van der Waals surface area contributed by atoms with Gasteiger partial charge in [0.15, 0.2) is 0 Å². The Morgan fingerprint density at radius 3 is 2.24 bits per heavy atom. The summed E-state index contributed by atoms with van der Waals surface area (Å²) >= 11 is 0. The van der Waals surface area contributed by atoms with Crippen LogP contribution < -0.4 is 20.2 Å². The molecule has 2 N–H and O–H groups in total. The van der Waals surface area contributed by atoms with Crippen molar-refractivity contribution in [1.29, 1.82) is 0 Å². The van der Waals surface area contributed by atoms with Crippen molar-refractivity contribution in [2.75, 3.05) is 12.4 Å². The first kappa shape index (κ1) is 23.0. The highest BCUT2D eigenvalue weighted by atomic mass is 16.5. The molecule has 0 unspecified atom stereocenters. The summed E-state index contributed by atoms with van der Waals surface area (Å²) in [6.45, 7) is 0. The Kier molecular flexibility index (Phi) is 8.08. The van der Waals surface area contributed by atoms with E-state index in [1.165, 1.54) is 19.4 Å². The first-order chi connectivity index (χ1) is 16.0. The van der Waals surface area contributed by atoms with Crippen LogP contribution >= 0.6 is 0 Å². The van der Waals surface area contributed by atoms with Gasteiger partial charge in [0.2, 0.25) is 0 Å². The van der Waals surface area contributed by atoms with Crippen LogP contribution in [0.25, 0.3) is 6.08 Å². The number of carbonyl (C=O) groups is 3. The van der Waals surface area contributed by atoms with E-state index in [2.05, 4.69) is 15.8 Å². The van der Waals surface area contributed by atoms with Gasteiger partial charge in [0.1, 0.15) is 11.5 Å². The second-order valence-corrected chi connectivity index (χ2v) is 6.59. The van der Waals surface area contributed by atoms with Crippen LogP contribution in [0, 0.1) is 0 Å². The standard InChI is InChI=1S/C25H21N3O5/c1-32-22-10-6-5-9-21(22)27-24(30)25(31)28-26-17-19-11-14-20(15-12-19)33-23(29)16-13-18-7-3-2-4-8-18/h2-17H,1H3,(H,27,30)(H,28,31). The van der Waals surface area contributed by atoms with Gasteiger partial charge in [0.05, 0.1) is 19.0 Å². The molecule has 3 aromatic carbocycles. The second-order valence-electron chi connectivity index (χ2n) is 6.59. The summed E-state index contributed by atoms with van der Waals surface area (Å²) < 4.78 is 10.4. The number of anilines is 1. The zero-order valence-corrected chi connectivity index (χ0v) is 17.7. The topological polar surface area (TPSA) is 106 Å². The summed E-state index contributed by atoms with van der Waals surface area (Å²) in [4.78, 5) is 35.9. The van der Waals surface area contributed by atoms with Crippen molar-refractivity contribution in [2.45, 2.75) is 0 Å². The lowest BCUT2D eigenvalue weighted by molar-refractivity contribution is -0.136. The van der Waals surface area contributed by atoms with Gasteiger partial charge < -0.3 is 14.8 Å². The maximum absolute atomic E-state index is 12.0. The Balaban J connectivity index is 1.48. The number of hydrogen-bond donors (Lipinski definition) is 2. The monoisotopic (exact) mass is 443 g/mol. The fraction of sp³-hybridized carbons (Fsp3) is 0.0400. The van der Waals surface area contributed by atoms with E-state index in [1.54, 1.807) is 54.6 Å². The first-order valence-electron chi connectivity index (χ1n) is 9.87. The van der Waals surface area contributed by atoms with Gasteiger partial charge in [0.25, 0.3) is 0 Å². The van der Waals surface area contributed by atoms with Gasteiger partial charge in [0, 0.05) is 6.08 Å². The third-order valence-electron chi connectivity index (χ3n) is 4.25. The minimum Gasteiger partial charge on any atom is -0.495 e. The van der Waals surface area contributed by atoms with E-state index in [-0.39, 0.29) is 0 Å². The zero-order valence-electron chi connectivity index (χ0n) is 17.7. The van der Waals surface area contributed by atoms with Crippen molar-refractivity contribution < 1.29 is 23.9 Å². The Labute approximate surface area is 190 Å². The van der Waals surface area contributed by atoms with Crippen molar-refractivity contribution in [3.63, 3.8) is 0 Å². The van der Waals surface area contributed by atoms with Crippen LogP contribution in [-0.4, -0.2) is 31.1 Å². The van der Waals surface area contributed by atoms with Gasteiger partial charge in [-0.25, -0.2) is 10.2 Å². The minimum absolute atomic E-state index is 0.357. The lowest BCUT2D eigenvalue weighted by atomic mass is 10.2. The highest BCUT2D eigenvalue weighted by molar-refractivity contribution is 6.39. The molecule has 0 saturated heterocycles. The molecule has 166 valence electrons. The molecule has 2 amide bonds. The summed E-state index contributed by atoms with van der Waals surface area (Å²) in [5.41, 5.74) is 4.03. The van der Waals surface area contributed by atoms with Crippen molar-refractivity contribution in [3.8, 4) is 11.5 Å². The highest BCUT2D eigenvalue weighted by Gasteiger charge is 2.14. The second kappa shape index (κ2) is 11.6. The van der Waals surface area contributed by atoms with E-state index in [4.69, 9.17) is 9.47 Å². The van der Waals surface area contributed by atoms with E-state index >= 15 is 0 Å². The molecule has 0 aliphatic rings. The minimum atomic E-state index is -0.937. The van der Waals surface area contributed by atoms with Gasteiger partial charge in [-0.2, -0.15) is 5.10 Å². The van der Waals surface area contributed by atoms with Gasteiger partial charge in [-0.15, -0.1) is 0 Å². The Morgan fingerprint density at radius 2 is 1.52 bits per heavy atom. The van der Waals surface area contributed by atoms with Crippen molar-refractivity contribution in [3.05, 3.63) is 96.1 Å². The largest absolute Gasteiger partial charge is 0.495 e. The third-order valence-corrected chi connectivity index (χ3v) is 4.25. The van der Waals surface area contributed by atoms with Crippen molar-refractivity contribution in [2.24, 2.45) is 5.10 Å². The summed E-state index contributed by atoms with van der Waals surface area (Å²) in [6, 6.07) is 22.6. The lowest BCUT2D eigenvalue weighted by Crippen LogP contribution is -2.32. The predicted octanol–water partition coefficient (Wildman–Crippen LogP) is 3.40. The normalized spacial score (nSPS) is 10.7. The van der Waals surface area contributed by atoms with Crippen molar-refractivity contribution in [1.82, 2.24) is 5.43 Å². The fourth-order valence-electron chi connectivity index (χ4n) is 2.64. The van der Waals surface area contributed by atoms with Crippen LogP contribution in [0.3, 0.4) is 0 Å². The number of rotatable bonds is 7. The number of amides is 2. The Morgan fingerprint density at radius 1 is 0.818 bits per heavy atom. The van der Waals surface area contributed by atoms with Gasteiger partial charge in [-0.05, 0) is 53.6 Å². The van der Waals surface area contributed by atoms with Crippen LogP contribution in [0.5, 0.6) is 11.5 Å². The molecule has 0 radical (unpaired) electrons. The van der Waals surface area contributed by atoms with E-state index < -0.39 is 17.8 Å². The molecular weight excluding hydrogens is 422 g/mol. The van der Waals surface area contributed by atoms with Gasteiger partial charge in [-0.3, -0.25) is 9.59 Å². The molecule has 0 aliphatic heterocycles. The van der Waals surface area contributed by atoms with Gasteiger partial charge >= 0.3 is 17.8 Å². The Bertz CT molecular complexity index is 1170. The maximum Gasteiger partial charge on any atom is 0.336 e. The summed E-state index contributed by atoms with van der Waals surface area (Å²) in [5, 5.41) is 6.22. The highest BCUT2D eigenvalue weighted by Crippen LogP contribution is 2.22. The van der Waals surface area contributed by atoms with E-state index in [9.17, 15) is 14.4 Å². The van der Waals surface area contributed by atoms with E-state index in [0.717, 1.165) is 5.56 Å². The quantitative estimate of drug-likeness (QED) is 0.145. The SMILES string of the molecule is COc1ccccc1NC(=O)C(=O)NN=Cc1ccc(OC(=O)C=Cc2ccccc2)cc1. The third kappa shape index (κ3) is 7.18. The lowest BCUT2D eigenvalue weighted by Gasteiger charge is -2.08. The summed E-state index contributed by atoms with van der Waals surface area (Å²) in [5.74, 6) is -1.54. The number of esters is 1. The number of ether oxygens (including phenoxy) is 2. The number of nitrogens with zero attached hydrogens (tertiary/aromatic N) is 1. The number of benzene rings is 3. The molecule has 3 rings (SSSR count). The molecule has 8 nitrogen and oxygen atoms in total. The Hall–Kier alpha value is -4.72. The predicted molar refractivity (Wildman–Crippen MR) is 125 cm³/mol. The van der Waals surface area contributed by atoms with E-state index in [1.807, 2.05) is 30.3 Å². The smallest absolute Gasteiger partial charge is 0.336 e. The number of hydrogen-bond acceptors (Lipinski definition) is 6. The van der Waals surface area contributed by atoms with Crippen LogP contribution in [-0.2, 0) is 14.4 Å². The van der Waals surface area contributed by atoms with Gasteiger partial charge in [-0.1, -0.05) is 42.5 Å². The van der Waals surface area contributed by atoms with Crippen molar-refractivity contribution >= 4 is 35.8 Å². The molecular formula is C25H21N3O5. The average Bonchev–Trinajstić information content (AvgIpc) is 2.84. The molecule has 0 saturated carbocycles. The molecule has 0 heterocycles. The van der Waals surface area contributed by atoms with Crippen LogP contribution in [0.15, 0.2) is 90.0 Å². The van der Waals surface area contributed by atoms with Crippen LogP contribution in [0.2, 0.25) is 0 Å². The molecule has 0 spiro atoms. The molecule has 8 heteroatoms. The summed E-state index contributed by atoms with van der Waals surface area (Å²) in [7, 11) is 1.46. The first-order valence-corrected chi connectivity index (χ1v) is 9.87. The van der Waals surface area contributed by atoms with Crippen LogP contribution in [0.4, 0.5) is 5.69 Å². The molecule has 0 atom stereocenters. The molecule has 33 heavy (non-hydrogen) atoms. The maximum atomic E-state index is 12.0. The molecule has 0 aliphatic carbocycles. The molecule has 0 bridgehead atoms. The fourth-order valence-corrected chi connectivity index (χ4v) is 2.64. The number of hydrazone groups is 1. The number of nitrogens with one attached hydrogen (secondary N) is 2. The van der Waals surface area contributed by atoms with Crippen LogP contribution in [0.1, 0.15) is 11.1 Å². The molecule has 3 aromatic rings. The average molecular weight is 443 g/mol. The number of para-hydroxylation sites is 2. The number of carbonyl (C=O) groups excluding carboxylic acids is 3.